The Bertz CT molecular complexity index is 595. The van der Waals surface area contributed by atoms with Gasteiger partial charge in [0.2, 0.25) is 10.0 Å². The van der Waals surface area contributed by atoms with Gasteiger partial charge in [-0.25, -0.2) is 13.2 Å². The van der Waals surface area contributed by atoms with Crippen molar-refractivity contribution in [1.82, 2.24) is 4.31 Å². The summed E-state index contributed by atoms with van der Waals surface area (Å²) in [5.41, 5.74) is -0.115. The molecule has 0 amide bonds. The molecule has 0 aliphatic carbocycles. The highest BCUT2D eigenvalue weighted by Gasteiger charge is 2.29. The normalized spacial score (nSPS) is 17.3. The molecular weight excluding hydrogens is 294 g/mol. The highest BCUT2D eigenvalue weighted by Crippen LogP contribution is 2.26. The minimum Gasteiger partial charge on any atom is -0.478 e. The fourth-order valence-corrected chi connectivity index (χ4v) is 3.67. The average molecular weight is 306 g/mol. The summed E-state index contributed by atoms with van der Waals surface area (Å²) in [7, 11) is -3.79. The van der Waals surface area contributed by atoms with E-state index in [1.807, 2.05) is 0 Å². The topological polar surface area (TPSA) is 83.9 Å². The molecule has 1 aliphatic heterocycles. The van der Waals surface area contributed by atoms with Crippen LogP contribution in [-0.2, 0) is 14.8 Å². The molecule has 6 nitrogen and oxygen atoms in total. The van der Waals surface area contributed by atoms with Gasteiger partial charge in [0.15, 0.2) is 0 Å². The zero-order valence-corrected chi connectivity index (χ0v) is 11.4. The summed E-state index contributed by atoms with van der Waals surface area (Å²) >= 11 is 5.87. The zero-order chi connectivity index (χ0) is 14.0. The quantitative estimate of drug-likeness (QED) is 0.902. The van der Waals surface area contributed by atoms with Crippen LogP contribution in [0.4, 0.5) is 0 Å². The molecule has 0 unspecified atom stereocenters. The van der Waals surface area contributed by atoms with Gasteiger partial charge in [-0.3, -0.25) is 0 Å². The van der Waals surface area contributed by atoms with Gasteiger partial charge in [0.25, 0.3) is 0 Å². The van der Waals surface area contributed by atoms with Crippen LogP contribution in [0.15, 0.2) is 23.1 Å². The molecule has 1 saturated heterocycles. The molecule has 0 bridgehead atoms. The van der Waals surface area contributed by atoms with Gasteiger partial charge in [-0.15, -0.1) is 0 Å². The summed E-state index contributed by atoms with van der Waals surface area (Å²) in [4.78, 5) is 10.7. The number of ether oxygens (including phenoxy) is 1. The van der Waals surface area contributed by atoms with Crippen LogP contribution in [0.1, 0.15) is 10.4 Å². The minimum absolute atomic E-state index is 0.0106. The van der Waals surface area contributed by atoms with Gasteiger partial charge >= 0.3 is 5.97 Å². The lowest BCUT2D eigenvalue weighted by molar-refractivity contribution is 0.0696. The van der Waals surface area contributed by atoms with E-state index in [-0.39, 0.29) is 28.6 Å². The van der Waals surface area contributed by atoms with Crippen LogP contribution >= 0.6 is 11.6 Å². The van der Waals surface area contributed by atoms with E-state index in [1.165, 1.54) is 16.4 Å². The SMILES string of the molecule is O=C(O)c1ccc(Cl)c(S(=O)(=O)N2CCOCC2)c1. The van der Waals surface area contributed by atoms with Crippen LogP contribution in [0.3, 0.4) is 0 Å². The van der Waals surface area contributed by atoms with E-state index in [9.17, 15) is 13.2 Å². The number of carboxylic acids is 1. The molecule has 1 aliphatic rings. The van der Waals surface area contributed by atoms with Gasteiger partial charge in [0.05, 0.1) is 23.8 Å². The number of hydrogen-bond donors (Lipinski definition) is 1. The van der Waals surface area contributed by atoms with E-state index in [2.05, 4.69) is 0 Å². The highest BCUT2D eigenvalue weighted by molar-refractivity contribution is 7.89. The summed E-state index contributed by atoms with van der Waals surface area (Å²) in [6, 6.07) is 3.62. The Labute approximate surface area is 115 Å². The summed E-state index contributed by atoms with van der Waals surface area (Å²) < 4.78 is 31.1. The van der Waals surface area contributed by atoms with E-state index in [4.69, 9.17) is 21.4 Å². The monoisotopic (exact) mass is 305 g/mol. The molecule has 0 spiro atoms. The molecule has 1 heterocycles. The summed E-state index contributed by atoms with van der Waals surface area (Å²) in [5.74, 6) is -1.20. The second kappa shape index (κ2) is 5.46. The van der Waals surface area contributed by atoms with Crippen LogP contribution < -0.4 is 0 Å². The predicted molar refractivity (Wildman–Crippen MR) is 68.0 cm³/mol. The second-order valence-electron chi connectivity index (χ2n) is 3.97. The molecule has 0 aromatic heterocycles. The minimum atomic E-state index is -3.79. The number of rotatable bonds is 3. The third-order valence-electron chi connectivity index (χ3n) is 2.77. The third kappa shape index (κ3) is 2.89. The Morgan fingerprint density at radius 2 is 1.95 bits per heavy atom. The number of morpholine rings is 1. The number of halogens is 1. The van der Waals surface area contributed by atoms with Gasteiger partial charge in [-0.1, -0.05) is 11.6 Å². The maximum Gasteiger partial charge on any atom is 0.335 e. The van der Waals surface area contributed by atoms with Crippen molar-refractivity contribution in [3.63, 3.8) is 0 Å². The first kappa shape index (κ1) is 14.3. The number of benzene rings is 1. The first-order chi connectivity index (χ1) is 8.93. The lowest BCUT2D eigenvalue weighted by atomic mass is 10.2. The smallest absolute Gasteiger partial charge is 0.335 e. The van der Waals surface area contributed by atoms with Gasteiger partial charge in [-0.05, 0) is 18.2 Å². The van der Waals surface area contributed by atoms with Gasteiger partial charge < -0.3 is 9.84 Å². The van der Waals surface area contributed by atoms with Crippen molar-refractivity contribution in [2.75, 3.05) is 26.3 Å². The molecule has 0 radical (unpaired) electrons. The average Bonchev–Trinajstić information content (AvgIpc) is 2.39. The maximum atomic E-state index is 12.4. The Morgan fingerprint density at radius 3 is 2.53 bits per heavy atom. The molecule has 19 heavy (non-hydrogen) atoms. The largest absolute Gasteiger partial charge is 0.478 e. The zero-order valence-electron chi connectivity index (χ0n) is 9.87. The number of aromatic carboxylic acids is 1. The lowest BCUT2D eigenvalue weighted by Crippen LogP contribution is -2.40. The van der Waals surface area contributed by atoms with Crippen LogP contribution in [0.25, 0.3) is 0 Å². The molecule has 1 N–H and O–H groups in total. The van der Waals surface area contributed by atoms with Gasteiger partial charge in [-0.2, -0.15) is 4.31 Å². The van der Waals surface area contributed by atoms with E-state index in [1.54, 1.807) is 0 Å². The maximum absolute atomic E-state index is 12.4. The fraction of sp³-hybridized carbons (Fsp3) is 0.364. The second-order valence-corrected chi connectivity index (χ2v) is 6.28. The van der Waals surface area contributed by atoms with Crippen molar-refractivity contribution in [1.29, 1.82) is 0 Å². The molecule has 1 fully saturated rings. The van der Waals surface area contributed by atoms with E-state index >= 15 is 0 Å². The molecule has 8 heteroatoms. The van der Waals surface area contributed by atoms with Crippen molar-refractivity contribution in [3.05, 3.63) is 28.8 Å². The molecule has 1 aromatic rings. The summed E-state index contributed by atoms with van der Waals surface area (Å²) in [6.07, 6.45) is 0. The molecule has 1 aromatic carbocycles. The molecule has 104 valence electrons. The van der Waals surface area contributed by atoms with E-state index in [0.29, 0.717) is 13.2 Å². The van der Waals surface area contributed by atoms with Crippen LogP contribution in [0.5, 0.6) is 0 Å². The Kier molecular flexibility index (Phi) is 4.10. The summed E-state index contributed by atoms with van der Waals surface area (Å²) in [6.45, 7) is 1.09. The first-order valence-corrected chi connectivity index (χ1v) is 7.35. The standard InChI is InChI=1S/C11H12ClNO5S/c12-9-2-1-8(11(14)15)7-10(9)19(16,17)13-3-5-18-6-4-13/h1-2,7H,3-6H2,(H,14,15). The number of sulfonamides is 1. The van der Waals surface area contributed by atoms with Crippen LogP contribution in [-0.4, -0.2) is 50.1 Å². The number of hydrogen-bond acceptors (Lipinski definition) is 4. The predicted octanol–water partition coefficient (Wildman–Crippen LogP) is 1.06. The molecule has 0 atom stereocenters. The van der Waals surface area contributed by atoms with Crippen LogP contribution in [0, 0.1) is 0 Å². The van der Waals surface area contributed by atoms with Crippen molar-refractivity contribution in [2.24, 2.45) is 0 Å². The molecule has 2 rings (SSSR count). The number of nitrogens with zero attached hydrogens (tertiary/aromatic N) is 1. The highest BCUT2D eigenvalue weighted by atomic mass is 35.5. The van der Waals surface area contributed by atoms with Crippen molar-refractivity contribution in [3.8, 4) is 0 Å². The van der Waals surface area contributed by atoms with Crippen molar-refractivity contribution >= 4 is 27.6 Å². The van der Waals surface area contributed by atoms with Crippen molar-refractivity contribution in [2.45, 2.75) is 4.90 Å². The molecular formula is C11H12ClNO5S. The van der Waals surface area contributed by atoms with E-state index in [0.717, 1.165) is 6.07 Å². The Hall–Kier alpha value is -1.15. The van der Waals surface area contributed by atoms with Gasteiger partial charge in [0.1, 0.15) is 4.90 Å². The van der Waals surface area contributed by atoms with Crippen LogP contribution in [0.2, 0.25) is 5.02 Å². The lowest BCUT2D eigenvalue weighted by Gasteiger charge is -2.26. The van der Waals surface area contributed by atoms with Gasteiger partial charge in [0, 0.05) is 13.1 Å². The Morgan fingerprint density at radius 1 is 1.32 bits per heavy atom. The summed E-state index contributed by atoms with van der Waals surface area (Å²) in [5, 5.41) is 8.92. The number of carboxylic acid groups (broad SMARTS) is 1. The first-order valence-electron chi connectivity index (χ1n) is 5.53. The third-order valence-corrected chi connectivity index (χ3v) is 5.15. The Balaban J connectivity index is 2.44. The number of carbonyl (C=O) groups is 1. The fourth-order valence-electron chi connectivity index (χ4n) is 1.76. The van der Waals surface area contributed by atoms with Crippen molar-refractivity contribution < 1.29 is 23.1 Å². The molecule has 0 saturated carbocycles. The van der Waals surface area contributed by atoms with E-state index < -0.39 is 16.0 Å².